The Bertz CT molecular complexity index is 650. The number of anilines is 1. The first-order valence-corrected chi connectivity index (χ1v) is 10.2. The fourth-order valence-corrected chi connectivity index (χ4v) is 4.56. The van der Waals surface area contributed by atoms with Crippen molar-refractivity contribution in [3.8, 4) is 0 Å². The van der Waals surface area contributed by atoms with Gasteiger partial charge in [0, 0.05) is 24.8 Å². The van der Waals surface area contributed by atoms with Gasteiger partial charge in [0.05, 0.1) is 5.56 Å². The number of thiocarbonyl (C=S) groups is 1. The summed E-state index contributed by atoms with van der Waals surface area (Å²) in [7, 11) is 0. The molecule has 2 fully saturated rings. The summed E-state index contributed by atoms with van der Waals surface area (Å²) in [5.41, 5.74) is -0.324. The van der Waals surface area contributed by atoms with Gasteiger partial charge in [-0.1, -0.05) is 25.8 Å². The Morgan fingerprint density at radius 3 is 2.74 bits per heavy atom. The van der Waals surface area contributed by atoms with Crippen LogP contribution in [0.2, 0.25) is 0 Å². The summed E-state index contributed by atoms with van der Waals surface area (Å²) < 4.78 is 38.4. The number of likely N-dealkylation sites (tertiary alicyclic amines) is 1. The SMILES string of the molecule is C[C@@H]1CCCC[C@@H]1N1CC[C@H](CNC(=S)Nc2cccc(C(F)(F)F)c2)C1. The fraction of sp³-hybridized carbons (Fsp3) is 0.650. The minimum absolute atomic E-state index is 0.353. The highest BCUT2D eigenvalue weighted by molar-refractivity contribution is 7.80. The predicted octanol–water partition coefficient (Wildman–Crippen LogP) is 4.89. The van der Waals surface area contributed by atoms with E-state index in [2.05, 4.69) is 22.5 Å². The zero-order valence-electron chi connectivity index (χ0n) is 15.7. The van der Waals surface area contributed by atoms with Crippen molar-refractivity contribution in [3.63, 3.8) is 0 Å². The molecule has 1 aromatic carbocycles. The molecule has 7 heteroatoms. The number of rotatable bonds is 4. The van der Waals surface area contributed by atoms with E-state index in [0.29, 0.717) is 22.8 Å². The first-order chi connectivity index (χ1) is 12.8. The summed E-state index contributed by atoms with van der Waals surface area (Å²) in [6.07, 6.45) is 2.11. The molecule has 0 radical (unpaired) electrons. The second-order valence-electron chi connectivity index (χ2n) is 7.89. The molecular formula is C20H28F3N3S. The molecule has 0 unspecified atom stereocenters. The van der Waals surface area contributed by atoms with Crippen LogP contribution in [0.1, 0.15) is 44.6 Å². The molecule has 1 saturated heterocycles. The number of hydrogen-bond acceptors (Lipinski definition) is 2. The van der Waals surface area contributed by atoms with E-state index in [4.69, 9.17) is 12.2 Å². The van der Waals surface area contributed by atoms with Crippen LogP contribution >= 0.6 is 12.2 Å². The maximum absolute atomic E-state index is 12.8. The first kappa shape index (κ1) is 20.4. The lowest BCUT2D eigenvalue weighted by molar-refractivity contribution is -0.137. The Balaban J connectivity index is 1.45. The molecule has 0 aromatic heterocycles. The number of nitrogens with one attached hydrogen (secondary N) is 2. The van der Waals surface area contributed by atoms with E-state index in [1.54, 1.807) is 6.07 Å². The predicted molar refractivity (Wildman–Crippen MR) is 107 cm³/mol. The maximum Gasteiger partial charge on any atom is 0.416 e. The quantitative estimate of drug-likeness (QED) is 0.705. The van der Waals surface area contributed by atoms with Gasteiger partial charge in [-0.25, -0.2) is 0 Å². The van der Waals surface area contributed by atoms with Crippen molar-refractivity contribution >= 4 is 23.0 Å². The lowest BCUT2D eigenvalue weighted by Gasteiger charge is -2.36. The molecule has 27 heavy (non-hydrogen) atoms. The van der Waals surface area contributed by atoms with Crippen LogP contribution in [-0.2, 0) is 6.18 Å². The largest absolute Gasteiger partial charge is 0.416 e. The molecule has 1 aromatic rings. The maximum atomic E-state index is 12.8. The molecule has 3 atom stereocenters. The van der Waals surface area contributed by atoms with Gasteiger partial charge in [0.1, 0.15) is 0 Å². The molecule has 0 spiro atoms. The van der Waals surface area contributed by atoms with Crippen molar-refractivity contribution in [2.24, 2.45) is 11.8 Å². The zero-order valence-corrected chi connectivity index (χ0v) is 16.5. The number of benzene rings is 1. The van der Waals surface area contributed by atoms with Gasteiger partial charge in [-0.15, -0.1) is 0 Å². The van der Waals surface area contributed by atoms with Crippen LogP contribution in [0, 0.1) is 11.8 Å². The van der Waals surface area contributed by atoms with E-state index in [0.717, 1.165) is 44.1 Å². The Morgan fingerprint density at radius 2 is 2.00 bits per heavy atom. The van der Waals surface area contributed by atoms with Crippen molar-refractivity contribution in [1.29, 1.82) is 0 Å². The van der Waals surface area contributed by atoms with Gasteiger partial charge in [-0.2, -0.15) is 13.2 Å². The van der Waals surface area contributed by atoms with Gasteiger partial charge < -0.3 is 10.6 Å². The minimum atomic E-state index is -4.35. The molecule has 1 heterocycles. The van der Waals surface area contributed by atoms with Gasteiger partial charge >= 0.3 is 6.18 Å². The van der Waals surface area contributed by atoms with E-state index in [-0.39, 0.29) is 0 Å². The Morgan fingerprint density at radius 1 is 1.22 bits per heavy atom. The summed E-state index contributed by atoms with van der Waals surface area (Å²) in [5.74, 6) is 1.30. The van der Waals surface area contributed by atoms with Gasteiger partial charge in [-0.3, -0.25) is 4.90 Å². The van der Waals surface area contributed by atoms with Crippen LogP contribution in [0.15, 0.2) is 24.3 Å². The van der Waals surface area contributed by atoms with Crippen molar-refractivity contribution in [2.75, 3.05) is 25.0 Å². The van der Waals surface area contributed by atoms with Crippen LogP contribution in [-0.4, -0.2) is 35.7 Å². The van der Waals surface area contributed by atoms with Crippen molar-refractivity contribution in [2.45, 2.75) is 51.2 Å². The minimum Gasteiger partial charge on any atom is -0.362 e. The van der Waals surface area contributed by atoms with Gasteiger partial charge in [0.25, 0.3) is 0 Å². The summed E-state index contributed by atoms with van der Waals surface area (Å²) in [6.45, 7) is 5.33. The topological polar surface area (TPSA) is 27.3 Å². The lowest BCUT2D eigenvalue weighted by Crippen LogP contribution is -2.41. The smallest absolute Gasteiger partial charge is 0.362 e. The highest BCUT2D eigenvalue weighted by Crippen LogP contribution is 2.32. The molecular weight excluding hydrogens is 371 g/mol. The molecule has 0 amide bonds. The van der Waals surface area contributed by atoms with Crippen LogP contribution in [0.3, 0.4) is 0 Å². The number of halogens is 3. The molecule has 2 N–H and O–H groups in total. The molecule has 1 aliphatic heterocycles. The number of hydrogen-bond donors (Lipinski definition) is 2. The molecule has 3 nitrogen and oxygen atoms in total. The van der Waals surface area contributed by atoms with Crippen molar-refractivity contribution < 1.29 is 13.2 Å². The molecule has 3 rings (SSSR count). The van der Waals surface area contributed by atoms with Gasteiger partial charge in [0.2, 0.25) is 0 Å². The van der Waals surface area contributed by atoms with Crippen molar-refractivity contribution in [3.05, 3.63) is 29.8 Å². The van der Waals surface area contributed by atoms with Crippen LogP contribution < -0.4 is 10.6 Å². The highest BCUT2D eigenvalue weighted by atomic mass is 32.1. The lowest BCUT2D eigenvalue weighted by atomic mass is 9.85. The number of alkyl halides is 3. The first-order valence-electron chi connectivity index (χ1n) is 9.79. The van der Waals surface area contributed by atoms with E-state index >= 15 is 0 Å². The summed E-state index contributed by atoms with van der Waals surface area (Å²) >= 11 is 5.26. The third-order valence-electron chi connectivity index (χ3n) is 5.85. The van der Waals surface area contributed by atoms with E-state index < -0.39 is 11.7 Å². The molecule has 1 saturated carbocycles. The molecule has 150 valence electrons. The fourth-order valence-electron chi connectivity index (χ4n) is 4.36. The van der Waals surface area contributed by atoms with Crippen molar-refractivity contribution in [1.82, 2.24) is 10.2 Å². The zero-order chi connectivity index (χ0) is 19.4. The summed E-state index contributed by atoms with van der Waals surface area (Å²) in [6, 6.07) is 5.81. The summed E-state index contributed by atoms with van der Waals surface area (Å²) in [4.78, 5) is 2.62. The third kappa shape index (κ3) is 5.57. The van der Waals surface area contributed by atoms with E-state index in [9.17, 15) is 13.2 Å². The summed E-state index contributed by atoms with van der Waals surface area (Å²) in [5, 5.41) is 6.42. The third-order valence-corrected chi connectivity index (χ3v) is 6.10. The molecule has 1 aliphatic carbocycles. The van der Waals surface area contributed by atoms with E-state index in [1.165, 1.54) is 31.7 Å². The average molecular weight is 400 g/mol. The highest BCUT2D eigenvalue weighted by Gasteiger charge is 2.32. The number of nitrogens with zero attached hydrogens (tertiary/aromatic N) is 1. The van der Waals surface area contributed by atoms with Gasteiger partial charge in [0.15, 0.2) is 5.11 Å². The van der Waals surface area contributed by atoms with Crippen LogP contribution in [0.25, 0.3) is 0 Å². The molecule has 2 aliphatic rings. The second kappa shape index (κ2) is 8.78. The van der Waals surface area contributed by atoms with Gasteiger partial charge in [-0.05, 0) is 68.1 Å². The second-order valence-corrected chi connectivity index (χ2v) is 8.30. The Hall–Kier alpha value is -1.34. The van der Waals surface area contributed by atoms with Crippen LogP contribution in [0.5, 0.6) is 0 Å². The standard InChI is InChI=1S/C20H28F3N3S/c1-14-5-2-3-8-18(14)26-10-9-15(13-26)12-24-19(27)25-17-7-4-6-16(11-17)20(21,22)23/h4,6-7,11,14-15,18H,2-3,5,8-10,12-13H2,1H3,(H2,24,25,27)/t14-,15-,18+/m1/s1. The normalized spacial score (nSPS) is 26.7. The van der Waals surface area contributed by atoms with Crippen LogP contribution in [0.4, 0.5) is 18.9 Å². The Kier molecular flexibility index (Phi) is 6.63. The van der Waals surface area contributed by atoms with E-state index in [1.807, 2.05) is 0 Å². The molecule has 0 bridgehead atoms. The monoisotopic (exact) mass is 399 g/mol. The average Bonchev–Trinajstić information content (AvgIpc) is 3.09. The Labute approximate surface area is 164 Å².